The van der Waals surface area contributed by atoms with E-state index < -0.39 is 18.6 Å². The van der Waals surface area contributed by atoms with Gasteiger partial charge in [0.15, 0.2) is 0 Å². The predicted molar refractivity (Wildman–Crippen MR) is 69.1 cm³/mol. The summed E-state index contributed by atoms with van der Waals surface area (Å²) in [4.78, 5) is 19.3. The zero-order chi connectivity index (χ0) is 15.3. The van der Waals surface area contributed by atoms with Gasteiger partial charge in [-0.3, -0.25) is 0 Å². The Morgan fingerprint density at radius 3 is 2.50 bits per heavy atom. The number of carboxylic acid groups (broad SMARTS) is 1. The van der Waals surface area contributed by atoms with Gasteiger partial charge in [0, 0.05) is 12.8 Å². The minimum atomic E-state index is -4.19. The Bertz CT molecular complexity index is 492. The maximum atomic E-state index is 12.0. The molecule has 0 spiro atoms. The molecular formula is C12H15F3N2O2S. The normalized spacial score (nSPS) is 11.7. The third kappa shape index (κ3) is 4.99. The average molecular weight is 308 g/mol. The van der Waals surface area contributed by atoms with Gasteiger partial charge in [0.2, 0.25) is 0 Å². The van der Waals surface area contributed by atoms with E-state index in [1.54, 1.807) is 6.92 Å². The van der Waals surface area contributed by atoms with Gasteiger partial charge in [-0.05, 0) is 19.1 Å². The largest absolute Gasteiger partial charge is 0.478 e. The lowest BCUT2D eigenvalue weighted by atomic mass is 10.2. The minimum absolute atomic E-state index is 0.0285. The van der Waals surface area contributed by atoms with Crippen LogP contribution in [0.5, 0.6) is 0 Å². The van der Waals surface area contributed by atoms with E-state index in [1.165, 1.54) is 0 Å². The van der Waals surface area contributed by atoms with Crippen molar-refractivity contribution in [2.24, 2.45) is 0 Å². The number of hydrogen-bond acceptors (Lipinski definition) is 4. The molecule has 4 nitrogen and oxygen atoms in total. The van der Waals surface area contributed by atoms with E-state index in [4.69, 9.17) is 5.11 Å². The SMILES string of the molecule is CCc1nc(C)c(C(=O)O)c(SCCCC(F)(F)F)n1. The molecule has 0 saturated heterocycles. The quantitative estimate of drug-likeness (QED) is 0.495. The molecular weight excluding hydrogens is 293 g/mol. The average Bonchev–Trinajstić information content (AvgIpc) is 2.32. The summed E-state index contributed by atoms with van der Waals surface area (Å²) in [6.45, 7) is 3.39. The van der Waals surface area contributed by atoms with Gasteiger partial charge in [-0.25, -0.2) is 14.8 Å². The van der Waals surface area contributed by atoms with Gasteiger partial charge in [0.1, 0.15) is 16.4 Å². The molecule has 0 aliphatic rings. The third-order valence-electron chi connectivity index (χ3n) is 2.48. The molecule has 1 rings (SSSR count). The van der Waals surface area contributed by atoms with Crippen molar-refractivity contribution in [3.8, 4) is 0 Å². The highest BCUT2D eigenvalue weighted by Gasteiger charge is 2.26. The summed E-state index contributed by atoms with van der Waals surface area (Å²) in [5, 5.41) is 9.36. The van der Waals surface area contributed by atoms with E-state index in [9.17, 15) is 18.0 Å². The van der Waals surface area contributed by atoms with Crippen LogP contribution >= 0.6 is 11.8 Å². The van der Waals surface area contributed by atoms with Crippen LogP contribution in [0.3, 0.4) is 0 Å². The lowest BCUT2D eigenvalue weighted by molar-refractivity contribution is -0.134. The molecule has 1 N–H and O–H groups in total. The van der Waals surface area contributed by atoms with Crippen LogP contribution in [0.4, 0.5) is 13.2 Å². The van der Waals surface area contributed by atoms with Crippen molar-refractivity contribution < 1.29 is 23.1 Å². The number of nitrogens with zero attached hydrogens (tertiary/aromatic N) is 2. The number of aromatic nitrogens is 2. The summed E-state index contributed by atoms with van der Waals surface area (Å²) in [5.74, 6) is -0.506. The fourth-order valence-corrected chi connectivity index (χ4v) is 2.58. The summed E-state index contributed by atoms with van der Waals surface area (Å²) >= 11 is 1.03. The number of carboxylic acids is 1. The highest BCUT2D eigenvalue weighted by Crippen LogP contribution is 2.27. The maximum Gasteiger partial charge on any atom is 0.389 e. The first kappa shape index (κ1) is 16.7. The van der Waals surface area contributed by atoms with E-state index in [1.807, 2.05) is 6.92 Å². The molecule has 0 amide bonds. The van der Waals surface area contributed by atoms with Gasteiger partial charge in [-0.1, -0.05) is 6.92 Å². The number of thioether (sulfide) groups is 1. The maximum absolute atomic E-state index is 12.0. The lowest BCUT2D eigenvalue weighted by Gasteiger charge is -2.10. The Labute approximate surface area is 118 Å². The molecule has 1 heterocycles. The van der Waals surface area contributed by atoms with Crippen molar-refractivity contribution in [3.63, 3.8) is 0 Å². The molecule has 1 aromatic heterocycles. The number of aryl methyl sites for hydroxylation is 2. The summed E-state index contributed by atoms with van der Waals surface area (Å²) in [7, 11) is 0. The highest BCUT2D eigenvalue weighted by molar-refractivity contribution is 7.99. The van der Waals surface area contributed by atoms with Crippen LogP contribution in [-0.2, 0) is 6.42 Å². The Balaban J connectivity index is 2.82. The summed E-state index contributed by atoms with van der Waals surface area (Å²) in [5.41, 5.74) is 0.307. The number of rotatable bonds is 6. The van der Waals surface area contributed by atoms with Gasteiger partial charge in [-0.2, -0.15) is 13.2 Å². The first-order valence-electron chi connectivity index (χ1n) is 6.05. The van der Waals surface area contributed by atoms with Crippen molar-refractivity contribution in [2.75, 3.05) is 5.75 Å². The Kier molecular flexibility index (Phi) is 5.79. The molecule has 0 fully saturated rings. The van der Waals surface area contributed by atoms with Gasteiger partial charge in [0.25, 0.3) is 0 Å². The molecule has 0 radical (unpaired) electrons. The number of aromatic carboxylic acids is 1. The van der Waals surface area contributed by atoms with Crippen LogP contribution in [0, 0.1) is 6.92 Å². The fourth-order valence-electron chi connectivity index (χ4n) is 1.55. The minimum Gasteiger partial charge on any atom is -0.478 e. The van der Waals surface area contributed by atoms with E-state index in [0.29, 0.717) is 17.9 Å². The fraction of sp³-hybridized carbons (Fsp3) is 0.583. The van der Waals surface area contributed by atoms with Crippen LogP contribution in [0.1, 0.15) is 41.6 Å². The molecule has 0 bridgehead atoms. The first-order valence-corrected chi connectivity index (χ1v) is 7.03. The molecule has 0 aliphatic heterocycles. The van der Waals surface area contributed by atoms with Gasteiger partial charge < -0.3 is 5.11 Å². The van der Waals surface area contributed by atoms with E-state index in [-0.39, 0.29) is 22.8 Å². The Morgan fingerprint density at radius 1 is 1.35 bits per heavy atom. The van der Waals surface area contributed by atoms with Crippen LogP contribution < -0.4 is 0 Å². The summed E-state index contributed by atoms with van der Waals surface area (Å²) in [6, 6.07) is 0. The van der Waals surface area contributed by atoms with Gasteiger partial charge >= 0.3 is 12.1 Å². The number of carbonyl (C=O) groups is 1. The van der Waals surface area contributed by atoms with Crippen LogP contribution in [0.15, 0.2) is 5.03 Å². The van der Waals surface area contributed by atoms with E-state index in [2.05, 4.69) is 9.97 Å². The van der Waals surface area contributed by atoms with E-state index >= 15 is 0 Å². The molecule has 20 heavy (non-hydrogen) atoms. The second kappa shape index (κ2) is 6.92. The number of hydrogen-bond donors (Lipinski definition) is 1. The molecule has 0 aliphatic carbocycles. The summed E-state index contributed by atoms with van der Waals surface area (Å²) < 4.78 is 36.1. The Morgan fingerprint density at radius 2 is 2.00 bits per heavy atom. The predicted octanol–water partition coefficient (Wildman–Crippen LogP) is 3.48. The Hall–Kier alpha value is -1.31. The van der Waals surface area contributed by atoms with Crippen molar-refractivity contribution in [3.05, 3.63) is 17.1 Å². The standard InChI is InChI=1S/C12H15F3N2O2S/c1-3-8-16-7(2)9(11(18)19)10(17-8)20-6-4-5-12(13,14)15/h3-6H2,1-2H3,(H,18,19). The molecule has 8 heteroatoms. The first-order chi connectivity index (χ1) is 9.24. The van der Waals surface area contributed by atoms with Crippen molar-refractivity contribution in [2.45, 2.75) is 44.3 Å². The monoisotopic (exact) mass is 308 g/mol. The van der Waals surface area contributed by atoms with Gasteiger partial charge in [-0.15, -0.1) is 11.8 Å². The zero-order valence-corrected chi connectivity index (χ0v) is 11.9. The lowest BCUT2D eigenvalue weighted by Crippen LogP contribution is -2.10. The number of halogens is 3. The van der Waals surface area contributed by atoms with Crippen molar-refractivity contribution in [1.82, 2.24) is 9.97 Å². The van der Waals surface area contributed by atoms with Crippen LogP contribution in [0.25, 0.3) is 0 Å². The second-order valence-electron chi connectivity index (χ2n) is 4.13. The van der Waals surface area contributed by atoms with E-state index in [0.717, 1.165) is 11.8 Å². The van der Waals surface area contributed by atoms with Crippen LogP contribution in [0.2, 0.25) is 0 Å². The number of alkyl halides is 3. The smallest absolute Gasteiger partial charge is 0.389 e. The highest BCUT2D eigenvalue weighted by atomic mass is 32.2. The molecule has 1 aromatic rings. The van der Waals surface area contributed by atoms with Crippen LogP contribution in [-0.4, -0.2) is 33.0 Å². The zero-order valence-electron chi connectivity index (χ0n) is 11.1. The topological polar surface area (TPSA) is 63.1 Å². The van der Waals surface area contributed by atoms with Crippen molar-refractivity contribution >= 4 is 17.7 Å². The second-order valence-corrected chi connectivity index (χ2v) is 5.21. The summed E-state index contributed by atoms with van der Waals surface area (Å²) in [6.07, 6.45) is -4.60. The molecule has 0 atom stereocenters. The third-order valence-corrected chi connectivity index (χ3v) is 3.54. The molecule has 0 aromatic carbocycles. The molecule has 0 unspecified atom stereocenters. The van der Waals surface area contributed by atoms with Crippen molar-refractivity contribution in [1.29, 1.82) is 0 Å². The van der Waals surface area contributed by atoms with Gasteiger partial charge in [0.05, 0.1) is 5.69 Å². The molecule has 0 saturated carbocycles. The molecule has 112 valence electrons.